The molecule has 3 aromatic heterocycles. The number of hydrogen-bond donors (Lipinski definition) is 2. The maximum atomic E-state index is 13.2. The van der Waals surface area contributed by atoms with Crippen molar-refractivity contribution in [3.8, 4) is 11.3 Å². The summed E-state index contributed by atoms with van der Waals surface area (Å²) in [7, 11) is 0. The van der Waals surface area contributed by atoms with Crippen LogP contribution < -0.4 is 10.7 Å². The third kappa shape index (κ3) is 4.74. The first kappa shape index (κ1) is 21.9. The van der Waals surface area contributed by atoms with Gasteiger partial charge >= 0.3 is 0 Å². The predicted molar refractivity (Wildman–Crippen MR) is 124 cm³/mol. The molecule has 174 valence electrons. The number of aromatic nitrogens is 4. The van der Waals surface area contributed by atoms with Crippen LogP contribution in [0.2, 0.25) is 5.02 Å². The number of non-ortho nitro benzene ring substituents is 1. The molecule has 0 unspecified atom stereocenters. The number of nitro benzene ring substituents is 1. The molecule has 12 nitrogen and oxygen atoms in total. The van der Waals surface area contributed by atoms with Gasteiger partial charge < -0.3 is 9.73 Å². The van der Waals surface area contributed by atoms with Crippen molar-refractivity contribution >= 4 is 52.1 Å². The van der Waals surface area contributed by atoms with E-state index in [9.17, 15) is 14.5 Å². The highest BCUT2D eigenvalue weighted by Gasteiger charge is 2.14. The van der Waals surface area contributed by atoms with E-state index in [1.54, 1.807) is 12.1 Å². The number of nitro groups is 1. The number of benzene rings is 2. The summed E-state index contributed by atoms with van der Waals surface area (Å²) >= 11 is 6.16. The molecule has 3 heterocycles. The summed E-state index contributed by atoms with van der Waals surface area (Å²) < 4.78 is 23.6. The van der Waals surface area contributed by atoms with Crippen LogP contribution >= 0.6 is 11.6 Å². The van der Waals surface area contributed by atoms with Gasteiger partial charge in [0.15, 0.2) is 11.6 Å². The first-order chi connectivity index (χ1) is 17.0. The van der Waals surface area contributed by atoms with Crippen LogP contribution in [0.4, 0.5) is 27.4 Å². The van der Waals surface area contributed by atoms with Gasteiger partial charge in [-0.1, -0.05) is 11.6 Å². The summed E-state index contributed by atoms with van der Waals surface area (Å²) in [5.41, 5.74) is 3.99. The molecule has 2 N–H and O–H groups in total. The van der Waals surface area contributed by atoms with Crippen molar-refractivity contribution < 1.29 is 18.4 Å². The summed E-state index contributed by atoms with van der Waals surface area (Å²) in [5, 5.41) is 25.5. The second-order valence-corrected chi connectivity index (χ2v) is 7.36. The number of nitrogens with zero attached hydrogens (tertiary/aromatic N) is 6. The van der Waals surface area contributed by atoms with Gasteiger partial charge in [-0.05, 0) is 52.8 Å². The lowest BCUT2D eigenvalue weighted by Gasteiger charge is -2.09. The zero-order valence-corrected chi connectivity index (χ0v) is 18.1. The maximum absolute atomic E-state index is 13.2. The Balaban J connectivity index is 1.36. The van der Waals surface area contributed by atoms with Crippen molar-refractivity contribution in [2.45, 2.75) is 0 Å². The van der Waals surface area contributed by atoms with E-state index < -0.39 is 4.92 Å². The molecule has 5 rings (SSSR count). The molecule has 5 aromatic rings. The van der Waals surface area contributed by atoms with Crippen LogP contribution in [0, 0.1) is 15.9 Å². The Hall–Kier alpha value is -4.91. The van der Waals surface area contributed by atoms with Gasteiger partial charge in [-0.15, -0.1) is 0 Å². The first-order valence-corrected chi connectivity index (χ1v) is 10.2. The lowest BCUT2D eigenvalue weighted by Crippen LogP contribution is -2.03. The van der Waals surface area contributed by atoms with E-state index in [0.29, 0.717) is 22.8 Å². The minimum atomic E-state index is -0.532. The van der Waals surface area contributed by atoms with Gasteiger partial charge in [-0.2, -0.15) is 10.1 Å². The molecule has 0 aliphatic carbocycles. The SMILES string of the molecule is O=[N+]([O-])c1ccc(-c2ccc(/C=N/Nc3nc4nonc4nc3Nc3ccc(F)cc3)o2)c(Cl)c1. The minimum absolute atomic E-state index is 0.123. The Bertz CT molecular complexity index is 1570. The number of furan rings is 1. The molecule has 14 heteroatoms. The van der Waals surface area contributed by atoms with E-state index in [-0.39, 0.29) is 39.5 Å². The molecule has 0 saturated heterocycles. The summed E-state index contributed by atoms with van der Waals surface area (Å²) in [6.07, 6.45) is 1.39. The standard InChI is InChI=1S/C21H12ClFN8O4/c22-16-9-13(31(32)33)5-7-15(16)17-8-6-14(34-17)10-24-28-19-18(25-12-3-1-11(23)2-4-12)26-20-21(27-19)30-35-29-20/h1-10H,(H,25,26,29)(H,27,28,30)/b24-10+. The first-order valence-electron chi connectivity index (χ1n) is 9.82. The molecular formula is C21H12ClFN8O4. The fourth-order valence-corrected chi connectivity index (χ4v) is 3.28. The van der Waals surface area contributed by atoms with Crippen molar-refractivity contribution in [1.82, 2.24) is 20.3 Å². The Labute approximate surface area is 199 Å². The quantitative estimate of drug-likeness (QED) is 0.176. The Morgan fingerprint density at radius 2 is 1.77 bits per heavy atom. The average Bonchev–Trinajstić information content (AvgIpc) is 3.50. The molecule has 0 atom stereocenters. The van der Waals surface area contributed by atoms with Crippen LogP contribution in [0.25, 0.3) is 22.6 Å². The van der Waals surface area contributed by atoms with E-state index in [4.69, 9.17) is 16.0 Å². The highest BCUT2D eigenvalue weighted by atomic mass is 35.5. The number of rotatable bonds is 7. The summed E-state index contributed by atoms with van der Waals surface area (Å²) in [4.78, 5) is 18.9. The fourth-order valence-electron chi connectivity index (χ4n) is 3.01. The molecule has 0 fully saturated rings. The highest BCUT2D eigenvalue weighted by molar-refractivity contribution is 6.33. The van der Waals surface area contributed by atoms with Crippen molar-refractivity contribution in [2.75, 3.05) is 10.7 Å². The number of halogens is 2. The van der Waals surface area contributed by atoms with Crippen LogP contribution in [0.1, 0.15) is 5.76 Å². The van der Waals surface area contributed by atoms with Crippen molar-refractivity contribution in [2.24, 2.45) is 5.10 Å². The Kier molecular flexibility index (Phi) is 5.73. The zero-order valence-electron chi connectivity index (χ0n) is 17.3. The molecule has 0 bridgehead atoms. The fraction of sp³-hybridized carbons (Fsp3) is 0. The van der Waals surface area contributed by atoms with E-state index in [2.05, 4.69) is 40.8 Å². The van der Waals surface area contributed by atoms with Crippen LogP contribution in [0.5, 0.6) is 0 Å². The third-order valence-electron chi connectivity index (χ3n) is 4.64. The molecule has 0 amide bonds. The normalized spacial score (nSPS) is 11.3. The van der Waals surface area contributed by atoms with E-state index in [1.165, 1.54) is 48.7 Å². The average molecular weight is 495 g/mol. The second kappa shape index (κ2) is 9.15. The molecule has 0 saturated carbocycles. The Morgan fingerprint density at radius 3 is 2.49 bits per heavy atom. The van der Waals surface area contributed by atoms with E-state index >= 15 is 0 Å². The van der Waals surface area contributed by atoms with Gasteiger partial charge in [-0.25, -0.2) is 14.0 Å². The highest BCUT2D eigenvalue weighted by Crippen LogP contribution is 2.32. The molecule has 0 aliphatic heterocycles. The van der Waals surface area contributed by atoms with E-state index in [1.807, 2.05) is 0 Å². The lowest BCUT2D eigenvalue weighted by molar-refractivity contribution is -0.384. The molecular weight excluding hydrogens is 483 g/mol. The van der Waals surface area contributed by atoms with Crippen LogP contribution in [-0.4, -0.2) is 31.4 Å². The second-order valence-electron chi connectivity index (χ2n) is 6.96. The van der Waals surface area contributed by atoms with Crippen molar-refractivity contribution in [1.29, 1.82) is 0 Å². The lowest BCUT2D eigenvalue weighted by atomic mass is 10.1. The smallest absolute Gasteiger partial charge is 0.270 e. The van der Waals surface area contributed by atoms with Crippen LogP contribution in [0.3, 0.4) is 0 Å². The Morgan fingerprint density at radius 1 is 1.03 bits per heavy atom. The predicted octanol–water partition coefficient (Wildman–Crippen LogP) is 5.16. The van der Waals surface area contributed by atoms with Gasteiger partial charge in [0.25, 0.3) is 5.69 Å². The number of fused-ring (bicyclic) bond motifs is 1. The van der Waals surface area contributed by atoms with Crippen molar-refractivity contribution in [3.05, 3.63) is 81.3 Å². The molecule has 0 aliphatic rings. The largest absolute Gasteiger partial charge is 0.455 e. The number of hydrazone groups is 1. The maximum Gasteiger partial charge on any atom is 0.270 e. The van der Waals surface area contributed by atoms with Crippen molar-refractivity contribution in [3.63, 3.8) is 0 Å². The third-order valence-corrected chi connectivity index (χ3v) is 4.95. The number of hydrogen-bond acceptors (Lipinski definition) is 11. The molecule has 0 spiro atoms. The van der Waals surface area contributed by atoms with Gasteiger partial charge in [0.1, 0.15) is 17.3 Å². The topological polar surface area (TPSA) is 157 Å². The zero-order chi connectivity index (χ0) is 24.4. The van der Waals surface area contributed by atoms with Crippen LogP contribution in [0.15, 0.2) is 68.7 Å². The van der Waals surface area contributed by atoms with Gasteiger partial charge in [-0.3, -0.25) is 15.5 Å². The number of nitrogens with one attached hydrogen (secondary N) is 2. The monoisotopic (exact) mass is 494 g/mol. The molecule has 0 radical (unpaired) electrons. The summed E-state index contributed by atoms with van der Waals surface area (Å²) in [6, 6.07) is 13.0. The van der Waals surface area contributed by atoms with Gasteiger partial charge in [0, 0.05) is 23.4 Å². The summed E-state index contributed by atoms with van der Waals surface area (Å²) in [5.74, 6) is 0.828. The molecule has 35 heavy (non-hydrogen) atoms. The van der Waals surface area contributed by atoms with Gasteiger partial charge in [0.05, 0.1) is 16.2 Å². The minimum Gasteiger partial charge on any atom is -0.455 e. The van der Waals surface area contributed by atoms with E-state index in [0.717, 1.165) is 0 Å². The summed E-state index contributed by atoms with van der Waals surface area (Å²) in [6.45, 7) is 0. The van der Waals surface area contributed by atoms with Gasteiger partial charge in [0.2, 0.25) is 11.3 Å². The molecule has 2 aromatic carbocycles. The van der Waals surface area contributed by atoms with Crippen LogP contribution in [-0.2, 0) is 0 Å². The number of anilines is 3.